The molecule has 22 heavy (non-hydrogen) atoms. The molecule has 4 nitrogen and oxygen atoms in total. The van der Waals surface area contributed by atoms with Gasteiger partial charge in [0.05, 0.1) is 11.9 Å². The molecule has 1 aromatic heterocycles. The second-order valence-electron chi connectivity index (χ2n) is 4.90. The molecule has 3 aromatic rings. The molecule has 3 N–H and O–H groups in total. The molecule has 0 unspecified atom stereocenters. The van der Waals surface area contributed by atoms with Crippen molar-refractivity contribution < 1.29 is 4.74 Å². The predicted octanol–water partition coefficient (Wildman–Crippen LogP) is 3.99. The SMILES string of the molecule is Nc1ccc(Nc2ccc(OCc3ccccc3)cc2)nc1. The monoisotopic (exact) mass is 291 g/mol. The smallest absolute Gasteiger partial charge is 0.130 e. The number of nitrogens with two attached hydrogens (primary N) is 1. The Kier molecular flexibility index (Phi) is 4.20. The minimum atomic E-state index is 0.563. The van der Waals surface area contributed by atoms with Gasteiger partial charge < -0.3 is 15.8 Å². The highest BCUT2D eigenvalue weighted by Crippen LogP contribution is 2.20. The van der Waals surface area contributed by atoms with E-state index in [2.05, 4.69) is 10.3 Å². The summed E-state index contributed by atoms with van der Waals surface area (Å²) >= 11 is 0. The molecule has 2 aromatic carbocycles. The van der Waals surface area contributed by atoms with E-state index in [0.717, 1.165) is 22.8 Å². The highest BCUT2D eigenvalue weighted by Gasteiger charge is 1.98. The van der Waals surface area contributed by atoms with Crippen LogP contribution in [-0.4, -0.2) is 4.98 Å². The van der Waals surface area contributed by atoms with Crippen LogP contribution in [0.3, 0.4) is 0 Å². The Morgan fingerprint density at radius 2 is 1.68 bits per heavy atom. The van der Waals surface area contributed by atoms with Crippen molar-refractivity contribution in [1.29, 1.82) is 0 Å². The quantitative estimate of drug-likeness (QED) is 0.746. The summed E-state index contributed by atoms with van der Waals surface area (Å²) in [6.07, 6.45) is 1.62. The van der Waals surface area contributed by atoms with Crippen LogP contribution in [0.1, 0.15) is 5.56 Å². The first-order valence-electron chi connectivity index (χ1n) is 7.05. The van der Waals surface area contributed by atoms with Gasteiger partial charge in [-0.05, 0) is 42.0 Å². The van der Waals surface area contributed by atoms with Crippen LogP contribution >= 0.6 is 0 Å². The van der Waals surface area contributed by atoms with Gasteiger partial charge in [-0.15, -0.1) is 0 Å². The average molecular weight is 291 g/mol. The number of hydrogen-bond acceptors (Lipinski definition) is 4. The van der Waals surface area contributed by atoms with Crippen molar-refractivity contribution in [2.45, 2.75) is 6.61 Å². The third kappa shape index (κ3) is 3.76. The van der Waals surface area contributed by atoms with Gasteiger partial charge in [0, 0.05) is 5.69 Å². The summed E-state index contributed by atoms with van der Waals surface area (Å²) in [4.78, 5) is 4.20. The molecule has 0 fully saturated rings. The number of anilines is 3. The molecule has 3 rings (SSSR count). The van der Waals surface area contributed by atoms with E-state index < -0.39 is 0 Å². The minimum absolute atomic E-state index is 0.563. The summed E-state index contributed by atoms with van der Waals surface area (Å²) in [6, 6.07) is 21.5. The van der Waals surface area contributed by atoms with Crippen molar-refractivity contribution in [2.24, 2.45) is 0 Å². The van der Waals surface area contributed by atoms with Crippen LogP contribution in [0, 0.1) is 0 Å². The number of nitrogens with one attached hydrogen (secondary N) is 1. The fraction of sp³-hybridized carbons (Fsp3) is 0.0556. The fourth-order valence-corrected chi connectivity index (χ4v) is 2.00. The number of rotatable bonds is 5. The van der Waals surface area contributed by atoms with Crippen molar-refractivity contribution in [3.05, 3.63) is 78.5 Å². The zero-order valence-electron chi connectivity index (χ0n) is 12.1. The number of ether oxygens (including phenoxy) is 1. The third-order valence-electron chi connectivity index (χ3n) is 3.16. The number of pyridine rings is 1. The molecule has 0 aliphatic heterocycles. The molecule has 0 saturated heterocycles. The molecule has 4 heteroatoms. The standard InChI is InChI=1S/C18H17N3O/c19-15-6-11-18(20-12-15)21-16-7-9-17(10-8-16)22-13-14-4-2-1-3-5-14/h1-12H,13,19H2,(H,20,21). The maximum absolute atomic E-state index is 5.75. The topological polar surface area (TPSA) is 60.2 Å². The maximum Gasteiger partial charge on any atom is 0.130 e. The lowest BCUT2D eigenvalue weighted by molar-refractivity contribution is 0.306. The summed E-state index contributed by atoms with van der Waals surface area (Å²) in [7, 11) is 0. The van der Waals surface area contributed by atoms with Crippen molar-refractivity contribution >= 4 is 17.2 Å². The van der Waals surface area contributed by atoms with Crippen LogP contribution in [-0.2, 0) is 6.61 Å². The fourth-order valence-electron chi connectivity index (χ4n) is 2.00. The van der Waals surface area contributed by atoms with Crippen molar-refractivity contribution in [1.82, 2.24) is 4.98 Å². The first-order valence-corrected chi connectivity index (χ1v) is 7.05. The summed E-state index contributed by atoms with van der Waals surface area (Å²) in [5, 5.41) is 3.21. The van der Waals surface area contributed by atoms with Crippen LogP contribution < -0.4 is 15.8 Å². The Labute approximate surface area is 129 Å². The number of benzene rings is 2. The molecule has 0 atom stereocenters. The second-order valence-corrected chi connectivity index (χ2v) is 4.90. The lowest BCUT2D eigenvalue weighted by Crippen LogP contribution is -1.96. The molecule has 0 aliphatic carbocycles. The molecule has 0 saturated carbocycles. The first kappa shape index (κ1) is 13.9. The molecule has 110 valence electrons. The van der Waals surface area contributed by atoms with Gasteiger partial charge in [-0.25, -0.2) is 4.98 Å². The van der Waals surface area contributed by atoms with E-state index >= 15 is 0 Å². The molecule has 0 aliphatic rings. The Morgan fingerprint density at radius 3 is 2.36 bits per heavy atom. The second kappa shape index (κ2) is 6.63. The Bertz CT molecular complexity index is 710. The van der Waals surface area contributed by atoms with Crippen LogP contribution in [0.4, 0.5) is 17.2 Å². The summed E-state index contributed by atoms with van der Waals surface area (Å²) in [5.41, 5.74) is 8.36. The van der Waals surface area contributed by atoms with Crippen molar-refractivity contribution in [3.63, 3.8) is 0 Å². The Balaban J connectivity index is 1.59. The van der Waals surface area contributed by atoms with E-state index in [9.17, 15) is 0 Å². The lowest BCUT2D eigenvalue weighted by Gasteiger charge is -2.09. The van der Waals surface area contributed by atoms with Gasteiger partial charge >= 0.3 is 0 Å². The largest absolute Gasteiger partial charge is 0.489 e. The van der Waals surface area contributed by atoms with E-state index in [1.807, 2.05) is 66.7 Å². The predicted molar refractivity (Wildman–Crippen MR) is 89.1 cm³/mol. The summed E-state index contributed by atoms with van der Waals surface area (Å²) in [5.74, 6) is 1.59. The van der Waals surface area contributed by atoms with E-state index in [-0.39, 0.29) is 0 Å². The van der Waals surface area contributed by atoms with Crippen LogP contribution in [0.5, 0.6) is 5.75 Å². The van der Waals surface area contributed by atoms with E-state index in [4.69, 9.17) is 10.5 Å². The number of hydrogen-bond donors (Lipinski definition) is 2. The lowest BCUT2D eigenvalue weighted by atomic mass is 10.2. The highest BCUT2D eigenvalue weighted by molar-refractivity contribution is 5.58. The molecule has 1 heterocycles. The number of aromatic nitrogens is 1. The molecule has 0 radical (unpaired) electrons. The Hall–Kier alpha value is -3.01. The van der Waals surface area contributed by atoms with Crippen LogP contribution in [0.25, 0.3) is 0 Å². The van der Waals surface area contributed by atoms with Gasteiger partial charge in [0.1, 0.15) is 18.2 Å². The Morgan fingerprint density at radius 1 is 0.909 bits per heavy atom. The molecular formula is C18H17N3O. The highest BCUT2D eigenvalue weighted by atomic mass is 16.5. The van der Waals surface area contributed by atoms with E-state index in [1.165, 1.54) is 0 Å². The van der Waals surface area contributed by atoms with Crippen molar-refractivity contribution in [3.8, 4) is 5.75 Å². The van der Waals surface area contributed by atoms with Crippen LogP contribution in [0.15, 0.2) is 72.9 Å². The molecular weight excluding hydrogens is 274 g/mol. The van der Waals surface area contributed by atoms with Gasteiger partial charge in [-0.2, -0.15) is 0 Å². The summed E-state index contributed by atoms with van der Waals surface area (Å²) < 4.78 is 5.75. The zero-order chi connectivity index (χ0) is 15.2. The van der Waals surface area contributed by atoms with Crippen molar-refractivity contribution in [2.75, 3.05) is 11.1 Å². The zero-order valence-corrected chi connectivity index (χ0v) is 12.1. The van der Waals surface area contributed by atoms with Gasteiger partial charge in [0.2, 0.25) is 0 Å². The van der Waals surface area contributed by atoms with E-state index in [0.29, 0.717) is 12.3 Å². The molecule has 0 spiro atoms. The minimum Gasteiger partial charge on any atom is -0.489 e. The average Bonchev–Trinajstić information content (AvgIpc) is 2.57. The van der Waals surface area contributed by atoms with Gasteiger partial charge in [0.25, 0.3) is 0 Å². The molecule has 0 bridgehead atoms. The third-order valence-corrected chi connectivity index (χ3v) is 3.16. The van der Waals surface area contributed by atoms with Gasteiger partial charge in [0.15, 0.2) is 0 Å². The first-order chi connectivity index (χ1) is 10.8. The molecule has 0 amide bonds. The number of nitrogens with zero attached hydrogens (tertiary/aromatic N) is 1. The van der Waals surface area contributed by atoms with Gasteiger partial charge in [-0.1, -0.05) is 30.3 Å². The summed E-state index contributed by atoms with van der Waals surface area (Å²) in [6.45, 7) is 0.563. The van der Waals surface area contributed by atoms with Gasteiger partial charge in [-0.3, -0.25) is 0 Å². The van der Waals surface area contributed by atoms with Crippen LogP contribution in [0.2, 0.25) is 0 Å². The van der Waals surface area contributed by atoms with E-state index in [1.54, 1.807) is 6.20 Å². The number of nitrogen functional groups attached to an aromatic ring is 1. The normalized spacial score (nSPS) is 10.2. The maximum atomic E-state index is 5.75.